The van der Waals surface area contributed by atoms with E-state index in [1.807, 2.05) is 24.3 Å². The average molecular weight is 235 g/mol. The molecule has 2 N–H and O–H groups in total. The van der Waals surface area contributed by atoms with Gasteiger partial charge in [0.15, 0.2) is 0 Å². The highest BCUT2D eigenvalue weighted by molar-refractivity contribution is 5.46. The summed E-state index contributed by atoms with van der Waals surface area (Å²) in [6, 6.07) is 8.44. The molecule has 3 nitrogen and oxygen atoms in total. The fourth-order valence-electron chi connectivity index (χ4n) is 2.17. The first-order valence-electron chi connectivity index (χ1n) is 6.29. The molecule has 17 heavy (non-hydrogen) atoms. The van der Waals surface area contributed by atoms with Crippen molar-refractivity contribution >= 4 is 5.69 Å². The summed E-state index contributed by atoms with van der Waals surface area (Å²) in [5, 5.41) is 12.5. The molecule has 0 aliphatic heterocycles. The van der Waals surface area contributed by atoms with Crippen LogP contribution < -0.4 is 5.32 Å². The average Bonchev–Trinajstić information content (AvgIpc) is 2.26. The van der Waals surface area contributed by atoms with Crippen molar-refractivity contribution in [2.45, 2.75) is 51.5 Å². The molecule has 1 aromatic carbocycles. The van der Waals surface area contributed by atoms with E-state index in [2.05, 4.69) is 19.2 Å². The highest BCUT2D eigenvalue weighted by atomic mass is 16.5. The number of aliphatic hydroxyl groups excluding tert-OH is 1. The Hall–Kier alpha value is -1.06. The smallest absolute Gasteiger partial charge is 0.0682 e. The molecule has 0 atom stereocenters. The van der Waals surface area contributed by atoms with Gasteiger partial charge in [0.25, 0.3) is 0 Å². The Bertz CT molecular complexity index is 359. The van der Waals surface area contributed by atoms with Crippen LogP contribution in [-0.4, -0.2) is 23.4 Å². The van der Waals surface area contributed by atoms with Gasteiger partial charge in [0, 0.05) is 11.7 Å². The Balaban J connectivity index is 1.79. The van der Waals surface area contributed by atoms with Crippen molar-refractivity contribution in [3.05, 3.63) is 29.8 Å². The minimum atomic E-state index is 0.0965. The second kappa shape index (κ2) is 5.52. The predicted octanol–water partition coefficient (Wildman–Crippen LogP) is 2.55. The Morgan fingerprint density at radius 2 is 2.18 bits per heavy atom. The van der Waals surface area contributed by atoms with E-state index in [0.717, 1.165) is 24.1 Å². The van der Waals surface area contributed by atoms with Crippen LogP contribution in [0, 0.1) is 0 Å². The van der Waals surface area contributed by atoms with E-state index in [1.54, 1.807) is 0 Å². The number of nitrogens with one attached hydrogen (secondary N) is 1. The zero-order chi connectivity index (χ0) is 12.3. The first-order valence-corrected chi connectivity index (χ1v) is 6.29. The molecule has 0 saturated heterocycles. The predicted molar refractivity (Wildman–Crippen MR) is 69.0 cm³/mol. The van der Waals surface area contributed by atoms with Crippen molar-refractivity contribution in [1.29, 1.82) is 0 Å². The second-order valence-electron chi connectivity index (χ2n) is 4.98. The van der Waals surface area contributed by atoms with Gasteiger partial charge in [-0.25, -0.2) is 0 Å². The standard InChI is InChI=1S/C14H21NO2/c1-10(2)17-14-7-13(8-14)15-12-5-3-4-11(6-12)9-16/h3-6,10,13-16H,7-9H2,1-2H3. The third kappa shape index (κ3) is 3.45. The van der Waals surface area contributed by atoms with E-state index in [9.17, 15) is 0 Å². The van der Waals surface area contributed by atoms with E-state index in [0.29, 0.717) is 18.2 Å². The van der Waals surface area contributed by atoms with E-state index >= 15 is 0 Å². The van der Waals surface area contributed by atoms with E-state index < -0.39 is 0 Å². The van der Waals surface area contributed by atoms with Crippen molar-refractivity contribution in [1.82, 2.24) is 0 Å². The third-order valence-corrected chi connectivity index (χ3v) is 3.04. The first kappa shape index (κ1) is 12.4. The lowest BCUT2D eigenvalue weighted by atomic mass is 9.89. The number of anilines is 1. The zero-order valence-electron chi connectivity index (χ0n) is 10.5. The van der Waals surface area contributed by atoms with Gasteiger partial charge in [-0.1, -0.05) is 12.1 Å². The molecule has 2 rings (SSSR count). The maximum Gasteiger partial charge on any atom is 0.0682 e. The lowest BCUT2D eigenvalue weighted by Gasteiger charge is -2.37. The highest BCUT2D eigenvalue weighted by Gasteiger charge is 2.30. The number of ether oxygens (including phenoxy) is 1. The normalized spacial score (nSPS) is 23.5. The zero-order valence-corrected chi connectivity index (χ0v) is 10.5. The Labute approximate surface area is 103 Å². The molecule has 0 aromatic heterocycles. The molecule has 0 spiro atoms. The van der Waals surface area contributed by atoms with Gasteiger partial charge in [-0.3, -0.25) is 0 Å². The maximum absolute atomic E-state index is 9.06. The number of aliphatic hydroxyl groups is 1. The molecular formula is C14H21NO2. The highest BCUT2D eigenvalue weighted by Crippen LogP contribution is 2.27. The molecule has 0 heterocycles. The maximum atomic E-state index is 9.06. The van der Waals surface area contributed by atoms with E-state index in [-0.39, 0.29) is 6.61 Å². The van der Waals surface area contributed by atoms with Crippen LogP contribution in [0.15, 0.2) is 24.3 Å². The molecule has 94 valence electrons. The van der Waals surface area contributed by atoms with Gasteiger partial charge in [-0.15, -0.1) is 0 Å². The number of hydrogen-bond acceptors (Lipinski definition) is 3. The minimum absolute atomic E-state index is 0.0965. The number of benzene rings is 1. The lowest BCUT2D eigenvalue weighted by molar-refractivity contribution is -0.0400. The van der Waals surface area contributed by atoms with E-state index in [4.69, 9.17) is 9.84 Å². The summed E-state index contributed by atoms with van der Waals surface area (Å²) in [5.41, 5.74) is 2.04. The minimum Gasteiger partial charge on any atom is -0.392 e. The van der Waals surface area contributed by atoms with Crippen molar-refractivity contribution < 1.29 is 9.84 Å². The van der Waals surface area contributed by atoms with Crippen LogP contribution in [0.5, 0.6) is 0 Å². The van der Waals surface area contributed by atoms with Crippen LogP contribution in [0.3, 0.4) is 0 Å². The van der Waals surface area contributed by atoms with Crippen LogP contribution in [0.4, 0.5) is 5.69 Å². The van der Waals surface area contributed by atoms with Crippen LogP contribution in [0.2, 0.25) is 0 Å². The van der Waals surface area contributed by atoms with Gasteiger partial charge in [-0.2, -0.15) is 0 Å². The third-order valence-electron chi connectivity index (χ3n) is 3.04. The van der Waals surface area contributed by atoms with Gasteiger partial charge in [0.2, 0.25) is 0 Å². The van der Waals surface area contributed by atoms with Crippen LogP contribution >= 0.6 is 0 Å². The Morgan fingerprint density at radius 1 is 1.41 bits per heavy atom. The summed E-state index contributed by atoms with van der Waals surface area (Å²) in [6.45, 7) is 4.25. The molecule has 0 unspecified atom stereocenters. The van der Waals surface area contributed by atoms with Gasteiger partial charge in [-0.05, 0) is 44.4 Å². The van der Waals surface area contributed by atoms with Crippen LogP contribution in [-0.2, 0) is 11.3 Å². The summed E-state index contributed by atoms with van der Waals surface area (Å²) in [5.74, 6) is 0. The SMILES string of the molecule is CC(C)OC1CC(Nc2cccc(CO)c2)C1. The quantitative estimate of drug-likeness (QED) is 0.824. The summed E-state index contributed by atoms with van der Waals surface area (Å²) in [6.07, 6.45) is 2.87. The Kier molecular flexibility index (Phi) is 4.02. The fraction of sp³-hybridized carbons (Fsp3) is 0.571. The molecule has 0 radical (unpaired) electrons. The van der Waals surface area contributed by atoms with Crippen LogP contribution in [0.1, 0.15) is 32.3 Å². The van der Waals surface area contributed by atoms with Crippen molar-refractivity contribution in [3.8, 4) is 0 Å². The molecule has 0 bridgehead atoms. The van der Waals surface area contributed by atoms with Crippen molar-refractivity contribution in [2.75, 3.05) is 5.32 Å². The topological polar surface area (TPSA) is 41.5 Å². The first-order chi connectivity index (χ1) is 8.17. The Morgan fingerprint density at radius 3 is 2.82 bits per heavy atom. The molecule has 0 amide bonds. The second-order valence-corrected chi connectivity index (χ2v) is 4.98. The van der Waals surface area contributed by atoms with Gasteiger partial charge >= 0.3 is 0 Å². The summed E-state index contributed by atoms with van der Waals surface area (Å²) in [4.78, 5) is 0. The van der Waals surface area contributed by atoms with Crippen LogP contribution in [0.25, 0.3) is 0 Å². The van der Waals surface area contributed by atoms with Gasteiger partial charge in [0.05, 0.1) is 18.8 Å². The summed E-state index contributed by atoms with van der Waals surface area (Å²) in [7, 11) is 0. The molecule has 3 heteroatoms. The van der Waals surface area contributed by atoms with Gasteiger partial charge < -0.3 is 15.2 Å². The van der Waals surface area contributed by atoms with Crippen molar-refractivity contribution in [3.63, 3.8) is 0 Å². The molecule has 1 aliphatic carbocycles. The summed E-state index contributed by atoms with van der Waals surface area (Å²) < 4.78 is 5.72. The molecule has 1 fully saturated rings. The largest absolute Gasteiger partial charge is 0.392 e. The lowest BCUT2D eigenvalue weighted by Crippen LogP contribution is -2.41. The molecule has 1 saturated carbocycles. The monoisotopic (exact) mass is 235 g/mol. The molecular weight excluding hydrogens is 214 g/mol. The number of hydrogen-bond donors (Lipinski definition) is 2. The summed E-state index contributed by atoms with van der Waals surface area (Å²) >= 11 is 0. The van der Waals surface area contributed by atoms with E-state index in [1.165, 1.54) is 0 Å². The fourth-order valence-corrected chi connectivity index (χ4v) is 2.17. The molecule has 1 aromatic rings. The van der Waals surface area contributed by atoms with Crippen molar-refractivity contribution in [2.24, 2.45) is 0 Å². The van der Waals surface area contributed by atoms with Gasteiger partial charge in [0.1, 0.15) is 0 Å². The number of rotatable bonds is 5. The molecule has 1 aliphatic rings.